The second-order valence-corrected chi connectivity index (χ2v) is 4.25. The molecule has 1 aliphatic rings. The molecule has 1 aliphatic heterocycles. The number of hydrogen-bond donors (Lipinski definition) is 1. The lowest BCUT2D eigenvalue weighted by Crippen LogP contribution is -2.41. The van der Waals surface area contributed by atoms with E-state index < -0.39 is 23.9 Å². The average molecular weight is 268 g/mol. The first-order valence-corrected chi connectivity index (χ1v) is 5.72. The van der Waals surface area contributed by atoms with Crippen LogP contribution in [0.5, 0.6) is 0 Å². The van der Waals surface area contributed by atoms with Gasteiger partial charge >= 0.3 is 5.97 Å². The molecule has 2 atom stereocenters. The van der Waals surface area contributed by atoms with Crippen molar-refractivity contribution in [1.82, 2.24) is 9.88 Å². The van der Waals surface area contributed by atoms with E-state index in [0.717, 1.165) is 11.0 Å². The fourth-order valence-electron chi connectivity index (χ4n) is 2.10. The smallest absolute Gasteiger partial charge is 0.326 e. The van der Waals surface area contributed by atoms with Gasteiger partial charge in [-0.25, -0.2) is 9.78 Å². The number of carbonyl (C=O) groups excluding carboxylic acids is 1. The maximum Gasteiger partial charge on any atom is 0.326 e. The normalized spacial score (nSPS) is 22.5. The van der Waals surface area contributed by atoms with E-state index in [1.807, 2.05) is 0 Å². The summed E-state index contributed by atoms with van der Waals surface area (Å²) in [6, 6.07) is 2.86. The summed E-state index contributed by atoms with van der Waals surface area (Å²) in [5, 5.41) is 9.10. The molecule has 1 saturated heterocycles. The summed E-state index contributed by atoms with van der Waals surface area (Å²) in [6.45, 7) is 0.157. The lowest BCUT2D eigenvalue weighted by Gasteiger charge is -2.20. The van der Waals surface area contributed by atoms with Gasteiger partial charge in [-0.05, 0) is 12.1 Å². The quantitative estimate of drug-likeness (QED) is 0.809. The van der Waals surface area contributed by atoms with Crippen molar-refractivity contribution >= 4 is 11.9 Å². The molecule has 7 heteroatoms. The third kappa shape index (κ3) is 2.70. The van der Waals surface area contributed by atoms with E-state index in [1.165, 1.54) is 19.2 Å². The highest BCUT2D eigenvalue weighted by atomic mass is 19.1. The van der Waals surface area contributed by atoms with Crippen LogP contribution in [0.3, 0.4) is 0 Å². The lowest BCUT2D eigenvalue weighted by atomic mass is 10.2. The summed E-state index contributed by atoms with van der Waals surface area (Å²) < 4.78 is 18.1. The number of carboxylic acid groups (broad SMARTS) is 1. The molecular formula is C12H13FN2O4. The van der Waals surface area contributed by atoms with Gasteiger partial charge in [-0.3, -0.25) is 4.79 Å². The number of hydrogen-bond acceptors (Lipinski definition) is 4. The molecular weight excluding hydrogens is 255 g/mol. The Kier molecular flexibility index (Phi) is 3.75. The molecule has 1 aromatic rings. The van der Waals surface area contributed by atoms with E-state index in [1.54, 1.807) is 0 Å². The predicted molar refractivity (Wildman–Crippen MR) is 62.1 cm³/mol. The average Bonchev–Trinajstić information content (AvgIpc) is 2.82. The lowest BCUT2D eigenvalue weighted by molar-refractivity contribution is -0.141. The molecule has 19 heavy (non-hydrogen) atoms. The van der Waals surface area contributed by atoms with Crippen LogP contribution >= 0.6 is 0 Å². The molecule has 1 fully saturated rings. The van der Waals surface area contributed by atoms with Crippen LogP contribution in [0.4, 0.5) is 4.39 Å². The van der Waals surface area contributed by atoms with Gasteiger partial charge in [0.25, 0.3) is 5.91 Å². The molecule has 2 heterocycles. The highest BCUT2D eigenvalue weighted by molar-refractivity contribution is 5.95. The van der Waals surface area contributed by atoms with Gasteiger partial charge in [0.2, 0.25) is 5.95 Å². The van der Waals surface area contributed by atoms with E-state index in [4.69, 9.17) is 9.84 Å². The molecule has 102 valence electrons. The number of aliphatic carboxylic acids is 1. The summed E-state index contributed by atoms with van der Waals surface area (Å²) in [6.07, 6.45) is -0.119. The van der Waals surface area contributed by atoms with Gasteiger partial charge in [-0.1, -0.05) is 6.07 Å². The maximum absolute atomic E-state index is 13.0. The number of ether oxygens (including phenoxy) is 1. The van der Waals surface area contributed by atoms with Crippen LogP contribution in [0.2, 0.25) is 0 Å². The molecule has 2 rings (SSSR count). The molecule has 0 bridgehead atoms. The number of halogens is 1. The monoisotopic (exact) mass is 268 g/mol. The van der Waals surface area contributed by atoms with Gasteiger partial charge in [0.05, 0.1) is 6.10 Å². The molecule has 0 saturated carbocycles. The summed E-state index contributed by atoms with van der Waals surface area (Å²) in [5.74, 6) is -2.49. The van der Waals surface area contributed by atoms with E-state index in [0.29, 0.717) is 0 Å². The molecule has 2 unspecified atom stereocenters. The number of methoxy groups -OCH3 is 1. The number of carboxylic acids is 1. The number of amides is 1. The zero-order chi connectivity index (χ0) is 14.0. The number of pyridine rings is 1. The molecule has 0 aromatic carbocycles. The summed E-state index contributed by atoms with van der Waals surface area (Å²) in [4.78, 5) is 27.9. The third-order valence-corrected chi connectivity index (χ3v) is 3.08. The van der Waals surface area contributed by atoms with Crippen LogP contribution < -0.4 is 0 Å². The summed E-state index contributed by atoms with van der Waals surface area (Å²) >= 11 is 0. The number of likely N-dealkylation sites (tertiary alicyclic amines) is 1. The molecule has 1 aromatic heterocycles. The molecule has 1 N–H and O–H groups in total. The zero-order valence-electron chi connectivity index (χ0n) is 10.2. The fraction of sp³-hybridized carbons (Fsp3) is 0.417. The second kappa shape index (κ2) is 5.31. The van der Waals surface area contributed by atoms with Crippen molar-refractivity contribution in [3.63, 3.8) is 0 Å². The Morgan fingerprint density at radius 3 is 2.84 bits per heavy atom. The van der Waals surface area contributed by atoms with Crippen molar-refractivity contribution < 1.29 is 23.8 Å². The van der Waals surface area contributed by atoms with Crippen LogP contribution in [0.25, 0.3) is 0 Å². The van der Waals surface area contributed by atoms with Gasteiger partial charge < -0.3 is 14.7 Å². The van der Waals surface area contributed by atoms with Crippen LogP contribution in [-0.2, 0) is 9.53 Å². The molecule has 1 amide bonds. The third-order valence-electron chi connectivity index (χ3n) is 3.08. The molecule has 6 nitrogen and oxygen atoms in total. The molecule has 0 aliphatic carbocycles. The standard InChI is InChI=1S/C12H13FN2O4/c1-19-7-5-9(12(17)18)15(6-7)11(16)8-3-2-4-10(13)14-8/h2-4,7,9H,5-6H2,1H3,(H,17,18). The van der Waals surface area contributed by atoms with E-state index in [2.05, 4.69) is 4.98 Å². The first kappa shape index (κ1) is 13.4. The fourth-order valence-corrected chi connectivity index (χ4v) is 2.10. The Labute approximate surface area is 108 Å². The van der Waals surface area contributed by atoms with Crippen LogP contribution in [0, 0.1) is 5.95 Å². The van der Waals surface area contributed by atoms with Crippen molar-refractivity contribution in [3.8, 4) is 0 Å². The van der Waals surface area contributed by atoms with Crippen LogP contribution in [-0.4, -0.2) is 52.7 Å². The Bertz CT molecular complexity index is 508. The Hall–Kier alpha value is -2.02. The SMILES string of the molecule is COC1CC(C(=O)O)N(C(=O)c2cccc(F)n2)C1. The zero-order valence-corrected chi connectivity index (χ0v) is 10.2. The Morgan fingerprint density at radius 1 is 1.53 bits per heavy atom. The van der Waals surface area contributed by atoms with E-state index >= 15 is 0 Å². The number of carbonyl (C=O) groups is 2. The van der Waals surface area contributed by atoms with E-state index in [-0.39, 0.29) is 24.8 Å². The van der Waals surface area contributed by atoms with Gasteiger partial charge in [0.1, 0.15) is 11.7 Å². The largest absolute Gasteiger partial charge is 0.480 e. The Morgan fingerprint density at radius 2 is 2.26 bits per heavy atom. The Balaban J connectivity index is 2.24. The second-order valence-electron chi connectivity index (χ2n) is 4.25. The summed E-state index contributed by atoms with van der Waals surface area (Å²) in [7, 11) is 1.46. The number of rotatable bonds is 3. The minimum atomic E-state index is -1.11. The first-order chi connectivity index (χ1) is 9.02. The van der Waals surface area contributed by atoms with E-state index in [9.17, 15) is 14.0 Å². The minimum Gasteiger partial charge on any atom is -0.480 e. The predicted octanol–water partition coefficient (Wildman–Crippen LogP) is 0.535. The number of nitrogens with zero attached hydrogens (tertiary/aromatic N) is 2. The van der Waals surface area contributed by atoms with Gasteiger partial charge in [-0.15, -0.1) is 0 Å². The first-order valence-electron chi connectivity index (χ1n) is 5.72. The van der Waals surface area contributed by atoms with Gasteiger partial charge in [0, 0.05) is 20.1 Å². The minimum absolute atomic E-state index is 0.108. The summed E-state index contributed by atoms with van der Waals surface area (Å²) in [5.41, 5.74) is -0.108. The van der Waals surface area contributed by atoms with Crippen molar-refractivity contribution in [3.05, 3.63) is 29.8 Å². The van der Waals surface area contributed by atoms with Gasteiger partial charge in [-0.2, -0.15) is 4.39 Å². The van der Waals surface area contributed by atoms with Crippen molar-refractivity contribution in [2.24, 2.45) is 0 Å². The van der Waals surface area contributed by atoms with Crippen LogP contribution in [0.1, 0.15) is 16.9 Å². The molecule has 0 spiro atoms. The highest BCUT2D eigenvalue weighted by Gasteiger charge is 2.40. The van der Waals surface area contributed by atoms with Gasteiger partial charge in [0.15, 0.2) is 0 Å². The molecule has 0 radical (unpaired) electrons. The van der Waals surface area contributed by atoms with Crippen molar-refractivity contribution in [2.75, 3.05) is 13.7 Å². The topological polar surface area (TPSA) is 79.7 Å². The highest BCUT2D eigenvalue weighted by Crippen LogP contribution is 2.22. The number of aromatic nitrogens is 1. The maximum atomic E-state index is 13.0. The van der Waals surface area contributed by atoms with Crippen molar-refractivity contribution in [1.29, 1.82) is 0 Å². The van der Waals surface area contributed by atoms with Crippen LogP contribution in [0.15, 0.2) is 18.2 Å². The van der Waals surface area contributed by atoms with Crippen molar-refractivity contribution in [2.45, 2.75) is 18.6 Å².